The minimum absolute atomic E-state index is 0.00799. The zero-order chi connectivity index (χ0) is 16.2. The fourth-order valence-corrected chi connectivity index (χ4v) is 3.87. The Morgan fingerprint density at radius 3 is 2.61 bits per heavy atom. The predicted molar refractivity (Wildman–Crippen MR) is 91.5 cm³/mol. The van der Waals surface area contributed by atoms with Crippen molar-refractivity contribution in [1.82, 2.24) is 4.98 Å². The van der Waals surface area contributed by atoms with E-state index in [1.54, 1.807) is 0 Å². The van der Waals surface area contributed by atoms with E-state index in [1.807, 2.05) is 31.2 Å². The number of thiazole rings is 1. The second-order valence-corrected chi connectivity index (χ2v) is 6.55. The third-order valence-electron chi connectivity index (χ3n) is 3.81. The maximum Gasteiger partial charge on any atom is 0.308 e. The highest BCUT2D eigenvalue weighted by Gasteiger charge is 2.21. The van der Waals surface area contributed by atoms with Gasteiger partial charge in [-0.05, 0) is 44.0 Å². The molecule has 1 aromatic heterocycles. The van der Waals surface area contributed by atoms with Crippen LogP contribution in [0.4, 0.5) is 5.13 Å². The first kappa shape index (κ1) is 15.8. The van der Waals surface area contributed by atoms with Crippen LogP contribution < -0.4 is 9.64 Å². The first-order valence-corrected chi connectivity index (χ1v) is 8.68. The molecule has 5 nitrogen and oxygen atoms in total. The summed E-state index contributed by atoms with van der Waals surface area (Å²) < 4.78 is 5.46. The first-order chi connectivity index (χ1) is 11.2. The van der Waals surface area contributed by atoms with Gasteiger partial charge < -0.3 is 14.7 Å². The van der Waals surface area contributed by atoms with Gasteiger partial charge >= 0.3 is 5.97 Å². The highest BCUT2D eigenvalue weighted by atomic mass is 32.1. The Kier molecular flexibility index (Phi) is 4.81. The lowest BCUT2D eigenvalue weighted by molar-refractivity contribution is -0.136. The Hall–Kier alpha value is -2.08. The molecule has 0 atom stereocenters. The van der Waals surface area contributed by atoms with E-state index < -0.39 is 5.97 Å². The lowest BCUT2D eigenvalue weighted by Crippen LogP contribution is -2.17. The van der Waals surface area contributed by atoms with Gasteiger partial charge in [0.1, 0.15) is 5.75 Å². The average molecular weight is 332 g/mol. The molecule has 2 heterocycles. The SMILES string of the molecule is CCOc1ccc(-c2nc(N3CCCC3)sc2CC(=O)O)cc1. The molecule has 0 bridgehead atoms. The molecule has 0 unspecified atom stereocenters. The molecule has 0 spiro atoms. The van der Waals surface area contributed by atoms with Crippen LogP contribution in [-0.2, 0) is 11.2 Å². The number of anilines is 1. The van der Waals surface area contributed by atoms with Crippen molar-refractivity contribution in [1.29, 1.82) is 0 Å². The second-order valence-electron chi connectivity index (χ2n) is 5.49. The number of nitrogens with zero attached hydrogens (tertiary/aromatic N) is 2. The highest BCUT2D eigenvalue weighted by Crippen LogP contribution is 2.35. The summed E-state index contributed by atoms with van der Waals surface area (Å²) in [6.07, 6.45) is 2.35. The molecule has 23 heavy (non-hydrogen) atoms. The van der Waals surface area contributed by atoms with Crippen molar-refractivity contribution in [3.63, 3.8) is 0 Å². The van der Waals surface area contributed by atoms with Crippen molar-refractivity contribution in [3.05, 3.63) is 29.1 Å². The molecule has 1 fully saturated rings. The number of hydrogen-bond acceptors (Lipinski definition) is 5. The summed E-state index contributed by atoms with van der Waals surface area (Å²) in [5.74, 6) is -0.0140. The van der Waals surface area contributed by atoms with Gasteiger partial charge in [-0.3, -0.25) is 4.79 Å². The molecule has 6 heteroatoms. The number of carbonyl (C=O) groups is 1. The number of rotatable bonds is 6. The second kappa shape index (κ2) is 7.00. The minimum atomic E-state index is -0.825. The molecule has 1 aliphatic rings. The Bertz CT molecular complexity index is 676. The summed E-state index contributed by atoms with van der Waals surface area (Å²) in [4.78, 5) is 19.0. The quantitative estimate of drug-likeness (QED) is 0.878. The van der Waals surface area contributed by atoms with Crippen LogP contribution in [0.25, 0.3) is 11.3 Å². The van der Waals surface area contributed by atoms with Crippen LogP contribution >= 0.6 is 11.3 Å². The maximum absolute atomic E-state index is 11.2. The van der Waals surface area contributed by atoms with Crippen LogP contribution in [0.5, 0.6) is 5.75 Å². The van der Waals surface area contributed by atoms with Crippen LogP contribution in [0, 0.1) is 0 Å². The molecule has 1 aromatic carbocycles. The van der Waals surface area contributed by atoms with Crippen molar-refractivity contribution in [3.8, 4) is 17.0 Å². The number of hydrogen-bond donors (Lipinski definition) is 1. The first-order valence-electron chi connectivity index (χ1n) is 7.87. The molecule has 0 amide bonds. The summed E-state index contributed by atoms with van der Waals surface area (Å²) in [7, 11) is 0. The minimum Gasteiger partial charge on any atom is -0.494 e. The normalized spacial score (nSPS) is 14.2. The predicted octanol–water partition coefficient (Wildman–Crippen LogP) is 3.44. The number of carboxylic acids is 1. The number of carboxylic acid groups (broad SMARTS) is 1. The van der Waals surface area contributed by atoms with Gasteiger partial charge in [-0.15, -0.1) is 11.3 Å². The van der Waals surface area contributed by atoms with Gasteiger partial charge in [0.05, 0.1) is 18.7 Å². The zero-order valence-electron chi connectivity index (χ0n) is 13.1. The highest BCUT2D eigenvalue weighted by molar-refractivity contribution is 7.16. The van der Waals surface area contributed by atoms with Crippen LogP contribution in [-0.4, -0.2) is 35.8 Å². The zero-order valence-corrected chi connectivity index (χ0v) is 13.9. The van der Waals surface area contributed by atoms with E-state index in [0.717, 1.165) is 40.1 Å². The molecular weight excluding hydrogens is 312 g/mol. The van der Waals surface area contributed by atoms with Crippen LogP contribution in [0.3, 0.4) is 0 Å². The Morgan fingerprint density at radius 2 is 2.00 bits per heavy atom. The van der Waals surface area contributed by atoms with Crippen molar-refractivity contribution >= 4 is 22.4 Å². The summed E-state index contributed by atoms with van der Waals surface area (Å²) in [6.45, 7) is 4.58. The molecule has 122 valence electrons. The van der Waals surface area contributed by atoms with Gasteiger partial charge in [0.25, 0.3) is 0 Å². The van der Waals surface area contributed by atoms with Crippen LogP contribution in [0.15, 0.2) is 24.3 Å². The van der Waals surface area contributed by atoms with Gasteiger partial charge in [0, 0.05) is 23.5 Å². The molecule has 2 aromatic rings. The van der Waals surface area contributed by atoms with Crippen LogP contribution in [0.2, 0.25) is 0 Å². The van der Waals surface area contributed by atoms with Crippen molar-refractivity contribution in [2.75, 3.05) is 24.6 Å². The molecule has 1 N–H and O–H groups in total. The van der Waals surface area contributed by atoms with Crippen molar-refractivity contribution in [2.45, 2.75) is 26.2 Å². The summed E-state index contributed by atoms with van der Waals surface area (Å²) in [5, 5.41) is 10.1. The van der Waals surface area contributed by atoms with E-state index >= 15 is 0 Å². The van der Waals surface area contributed by atoms with Gasteiger partial charge in [-0.1, -0.05) is 0 Å². The van der Waals surface area contributed by atoms with E-state index in [2.05, 4.69) is 4.90 Å². The molecule has 3 rings (SSSR count). The van der Waals surface area contributed by atoms with Crippen LogP contribution in [0.1, 0.15) is 24.6 Å². The summed E-state index contributed by atoms with van der Waals surface area (Å²) in [5.41, 5.74) is 1.72. The van der Waals surface area contributed by atoms with Gasteiger partial charge in [0.2, 0.25) is 0 Å². The summed E-state index contributed by atoms with van der Waals surface area (Å²) in [6, 6.07) is 7.69. The lowest BCUT2D eigenvalue weighted by atomic mass is 10.1. The lowest BCUT2D eigenvalue weighted by Gasteiger charge is -2.12. The van der Waals surface area contributed by atoms with Gasteiger partial charge in [0.15, 0.2) is 5.13 Å². The van der Waals surface area contributed by atoms with Crippen molar-refractivity contribution < 1.29 is 14.6 Å². The van der Waals surface area contributed by atoms with Crippen molar-refractivity contribution in [2.24, 2.45) is 0 Å². The topological polar surface area (TPSA) is 62.7 Å². The van der Waals surface area contributed by atoms with Gasteiger partial charge in [-0.2, -0.15) is 0 Å². The molecular formula is C17H20N2O3S. The van der Waals surface area contributed by atoms with E-state index in [0.29, 0.717) is 6.61 Å². The standard InChI is InChI=1S/C17H20N2O3S/c1-2-22-13-7-5-12(6-8-13)16-14(11-15(20)21)23-17(18-16)19-9-3-4-10-19/h5-8H,2-4,9-11H2,1H3,(H,20,21). The summed E-state index contributed by atoms with van der Waals surface area (Å²) >= 11 is 1.50. The molecule has 1 aliphatic heterocycles. The molecule has 0 aliphatic carbocycles. The third kappa shape index (κ3) is 3.64. The number of ether oxygens (including phenoxy) is 1. The molecule has 0 radical (unpaired) electrons. The average Bonchev–Trinajstić information content (AvgIpc) is 3.17. The Labute approximate surface area is 139 Å². The Morgan fingerprint density at radius 1 is 1.30 bits per heavy atom. The fraction of sp³-hybridized carbons (Fsp3) is 0.412. The molecule has 1 saturated heterocycles. The number of aliphatic carboxylic acids is 1. The van der Waals surface area contributed by atoms with E-state index in [4.69, 9.17) is 9.72 Å². The monoisotopic (exact) mass is 332 g/mol. The van der Waals surface area contributed by atoms with E-state index in [-0.39, 0.29) is 6.42 Å². The van der Waals surface area contributed by atoms with Gasteiger partial charge in [-0.25, -0.2) is 4.98 Å². The smallest absolute Gasteiger partial charge is 0.308 e. The fourth-order valence-electron chi connectivity index (χ4n) is 2.74. The largest absolute Gasteiger partial charge is 0.494 e. The number of benzene rings is 1. The van der Waals surface area contributed by atoms with E-state index in [9.17, 15) is 9.90 Å². The van der Waals surface area contributed by atoms with E-state index in [1.165, 1.54) is 24.2 Å². The number of aromatic nitrogens is 1. The Balaban J connectivity index is 1.93. The third-order valence-corrected chi connectivity index (χ3v) is 4.93. The maximum atomic E-state index is 11.2. The molecule has 0 saturated carbocycles.